The van der Waals surface area contributed by atoms with Crippen LogP contribution in [0.5, 0.6) is 0 Å². The van der Waals surface area contributed by atoms with Gasteiger partial charge in [0.2, 0.25) is 0 Å². The van der Waals surface area contributed by atoms with Gasteiger partial charge in [0.25, 0.3) is 0 Å². The van der Waals surface area contributed by atoms with Gasteiger partial charge >= 0.3 is 0 Å². The molecule has 1 aromatic carbocycles. The van der Waals surface area contributed by atoms with Crippen molar-refractivity contribution in [2.24, 2.45) is 0 Å². The summed E-state index contributed by atoms with van der Waals surface area (Å²) in [4.78, 5) is 9.36. The van der Waals surface area contributed by atoms with Gasteiger partial charge in [0.1, 0.15) is 11.6 Å². The van der Waals surface area contributed by atoms with Crippen molar-refractivity contribution < 1.29 is 0 Å². The van der Waals surface area contributed by atoms with Crippen molar-refractivity contribution in [2.75, 3.05) is 12.4 Å². The van der Waals surface area contributed by atoms with Crippen LogP contribution in [-0.2, 0) is 6.42 Å². The van der Waals surface area contributed by atoms with E-state index in [9.17, 15) is 0 Å². The van der Waals surface area contributed by atoms with Gasteiger partial charge in [0.15, 0.2) is 0 Å². The summed E-state index contributed by atoms with van der Waals surface area (Å²) in [6, 6.07) is 5.65. The average Bonchev–Trinajstić information content (AvgIpc) is 3.29. The highest BCUT2D eigenvalue weighted by molar-refractivity contribution is 14.1. The molecule has 110 valence electrons. The molecule has 0 bridgehead atoms. The summed E-state index contributed by atoms with van der Waals surface area (Å²) >= 11 is 14.3. The Morgan fingerprint density at radius 3 is 2.62 bits per heavy atom. The van der Waals surface area contributed by atoms with Crippen LogP contribution in [0, 0.1) is 3.57 Å². The maximum Gasteiger partial charge on any atom is 0.143 e. The number of hydrogen-bond donors (Lipinski definition) is 1. The topological polar surface area (TPSA) is 37.8 Å². The lowest BCUT2D eigenvalue weighted by Crippen LogP contribution is -2.07. The van der Waals surface area contributed by atoms with Gasteiger partial charge in [-0.05, 0) is 53.1 Å². The van der Waals surface area contributed by atoms with Gasteiger partial charge in [-0.15, -0.1) is 0 Å². The van der Waals surface area contributed by atoms with Crippen molar-refractivity contribution in [2.45, 2.75) is 25.2 Å². The predicted octanol–water partition coefficient (Wildman–Crippen LogP) is 4.90. The quantitative estimate of drug-likeness (QED) is 0.697. The van der Waals surface area contributed by atoms with Gasteiger partial charge in [-0.1, -0.05) is 29.3 Å². The van der Waals surface area contributed by atoms with Crippen LogP contribution in [0.1, 0.15) is 35.8 Å². The summed E-state index contributed by atoms with van der Waals surface area (Å²) in [6.07, 6.45) is 3.10. The molecular formula is C15H14Cl2IN3. The standard InChI is InChI=1S/C15H14Cl2IN3/c1-19-15-13(18)14(9-3-4-9)20-12(21-15)7-8-2-5-10(16)11(17)6-8/h2,5-6,9H,3-4,7H2,1H3,(H,19,20,21). The Morgan fingerprint density at radius 2 is 2.00 bits per heavy atom. The summed E-state index contributed by atoms with van der Waals surface area (Å²) in [5.41, 5.74) is 2.24. The molecule has 1 fully saturated rings. The van der Waals surface area contributed by atoms with Gasteiger partial charge in [-0.25, -0.2) is 9.97 Å². The van der Waals surface area contributed by atoms with E-state index in [1.54, 1.807) is 0 Å². The highest BCUT2D eigenvalue weighted by Gasteiger charge is 2.29. The number of aromatic nitrogens is 2. The Bertz CT molecular complexity index is 687. The number of benzene rings is 1. The minimum absolute atomic E-state index is 0.566. The van der Waals surface area contributed by atoms with E-state index >= 15 is 0 Å². The summed E-state index contributed by atoms with van der Waals surface area (Å²) in [5.74, 6) is 2.32. The number of hydrogen-bond acceptors (Lipinski definition) is 3. The van der Waals surface area contributed by atoms with Gasteiger partial charge in [0.05, 0.1) is 19.3 Å². The molecule has 0 aliphatic heterocycles. The Labute approximate surface area is 147 Å². The number of nitrogens with zero attached hydrogens (tertiary/aromatic N) is 2. The summed E-state index contributed by atoms with van der Waals surface area (Å²) in [7, 11) is 1.89. The third-order valence-electron chi connectivity index (χ3n) is 3.47. The zero-order valence-corrected chi connectivity index (χ0v) is 15.1. The monoisotopic (exact) mass is 433 g/mol. The second-order valence-corrected chi connectivity index (χ2v) is 7.03. The van der Waals surface area contributed by atoms with E-state index in [1.165, 1.54) is 18.5 Å². The lowest BCUT2D eigenvalue weighted by atomic mass is 10.1. The third kappa shape index (κ3) is 3.43. The van der Waals surface area contributed by atoms with E-state index in [1.807, 2.05) is 25.2 Å². The summed E-state index contributed by atoms with van der Waals surface area (Å²) in [6.45, 7) is 0. The number of anilines is 1. The van der Waals surface area contributed by atoms with Crippen LogP contribution < -0.4 is 5.32 Å². The fraction of sp³-hybridized carbons (Fsp3) is 0.333. The number of rotatable bonds is 4. The van der Waals surface area contributed by atoms with Crippen LogP contribution in [-0.4, -0.2) is 17.0 Å². The van der Waals surface area contributed by atoms with Crippen LogP contribution in [0.25, 0.3) is 0 Å². The molecule has 3 nitrogen and oxygen atoms in total. The molecule has 2 aromatic rings. The smallest absolute Gasteiger partial charge is 0.143 e. The molecule has 1 saturated carbocycles. The maximum atomic E-state index is 6.07. The number of halogens is 3. The first-order valence-electron chi connectivity index (χ1n) is 6.76. The molecule has 1 heterocycles. The van der Waals surface area contributed by atoms with Crippen molar-refractivity contribution in [1.82, 2.24) is 9.97 Å². The first-order valence-corrected chi connectivity index (χ1v) is 8.60. The molecule has 1 aliphatic rings. The lowest BCUT2D eigenvalue weighted by Gasteiger charge is -2.11. The van der Waals surface area contributed by atoms with E-state index < -0.39 is 0 Å². The van der Waals surface area contributed by atoms with Crippen molar-refractivity contribution in [3.05, 3.63) is 48.9 Å². The van der Waals surface area contributed by atoms with Gasteiger partial charge in [-0.2, -0.15) is 0 Å². The Kier molecular flexibility index (Phi) is 4.57. The first kappa shape index (κ1) is 15.3. The fourth-order valence-electron chi connectivity index (χ4n) is 2.22. The zero-order valence-electron chi connectivity index (χ0n) is 11.5. The van der Waals surface area contributed by atoms with Gasteiger partial charge in [0, 0.05) is 19.4 Å². The molecule has 1 N–H and O–H groups in total. The Morgan fingerprint density at radius 1 is 1.24 bits per heavy atom. The number of nitrogens with one attached hydrogen (secondary N) is 1. The molecule has 0 atom stereocenters. The van der Waals surface area contributed by atoms with E-state index in [2.05, 4.69) is 32.9 Å². The predicted molar refractivity (Wildman–Crippen MR) is 95.5 cm³/mol. The lowest BCUT2D eigenvalue weighted by molar-refractivity contribution is 0.891. The summed E-state index contributed by atoms with van der Waals surface area (Å²) in [5, 5.41) is 4.29. The molecule has 21 heavy (non-hydrogen) atoms. The van der Waals surface area contributed by atoms with Crippen LogP contribution in [0.3, 0.4) is 0 Å². The fourth-order valence-corrected chi connectivity index (χ4v) is 3.49. The minimum Gasteiger partial charge on any atom is -0.372 e. The zero-order chi connectivity index (χ0) is 15.0. The van der Waals surface area contributed by atoms with E-state index in [0.29, 0.717) is 22.4 Å². The van der Waals surface area contributed by atoms with Crippen molar-refractivity contribution in [1.29, 1.82) is 0 Å². The minimum atomic E-state index is 0.566. The molecule has 0 spiro atoms. The second-order valence-electron chi connectivity index (χ2n) is 5.14. The molecule has 0 radical (unpaired) electrons. The molecule has 0 unspecified atom stereocenters. The van der Waals surface area contributed by atoms with E-state index in [0.717, 1.165) is 20.8 Å². The van der Waals surface area contributed by atoms with Gasteiger partial charge in [-0.3, -0.25) is 0 Å². The van der Waals surface area contributed by atoms with Crippen LogP contribution >= 0.6 is 45.8 Å². The van der Waals surface area contributed by atoms with E-state index in [4.69, 9.17) is 28.2 Å². The highest BCUT2D eigenvalue weighted by Crippen LogP contribution is 2.42. The molecule has 1 aromatic heterocycles. The average molecular weight is 434 g/mol. The molecule has 6 heteroatoms. The largest absolute Gasteiger partial charge is 0.372 e. The highest BCUT2D eigenvalue weighted by atomic mass is 127. The first-order chi connectivity index (χ1) is 10.1. The maximum absolute atomic E-state index is 6.07. The molecule has 1 aliphatic carbocycles. The molecular weight excluding hydrogens is 420 g/mol. The van der Waals surface area contributed by atoms with Crippen molar-refractivity contribution in [3.63, 3.8) is 0 Å². The summed E-state index contributed by atoms with van der Waals surface area (Å²) < 4.78 is 1.13. The van der Waals surface area contributed by atoms with Crippen LogP contribution in [0.4, 0.5) is 5.82 Å². The molecule has 3 rings (SSSR count). The van der Waals surface area contributed by atoms with Crippen LogP contribution in [0.2, 0.25) is 10.0 Å². The molecule has 0 saturated heterocycles. The van der Waals surface area contributed by atoms with Crippen molar-refractivity contribution >= 4 is 51.6 Å². The third-order valence-corrected chi connectivity index (χ3v) is 5.27. The Balaban J connectivity index is 1.94. The SMILES string of the molecule is CNc1nc(Cc2ccc(Cl)c(Cl)c2)nc(C2CC2)c1I. The van der Waals surface area contributed by atoms with Crippen molar-refractivity contribution in [3.8, 4) is 0 Å². The normalized spacial score (nSPS) is 14.3. The van der Waals surface area contributed by atoms with E-state index in [-0.39, 0.29) is 0 Å². The van der Waals surface area contributed by atoms with Crippen LogP contribution in [0.15, 0.2) is 18.2 Å². The molecule has 0 amide bonds. The van der Waals surface area contributed by atoms with Gasteiger partial charge < -0.3 is 5.32 Å². The second kappa shape index (κ2) is 6.26. The Hall–Kier alpha value is -0.590.